The van der Waals surface area contributed by atoms with Gasteiger partial charge in [0.05, 0.1) is 0 Å². The third-order valence-electron chi connectivity index (χ3n) is 5.05. The molecule has 3 rings (SSSR count). The molecule has 1 aliphatic carbocycles. The zero-order valence-electron chi connectivity index (χ0n) is 16.2. The van der Waals surface area contributed by atoms with Crippen LogP contribution in [0.5, 0.6) is 0 Å². The average Bonchev–Trinajstić information content (AvgIpc) is 2.69. The molecule has 0 spiro atoms. The summed E-state index contributed by atoms with van der Waals surface area (Å²) in [6.07, 6.45) is 10.9. The molecule has 0 unspecified atom stereocenters. The van der Waals surface area contributed by atoms with Crippen LogP contribution in [0.1, 0.15) is 37.8 Å². The highest BCUT2D eigenvalue weighted by Gasteiger charge is 2.15. The van der Waals surface area contributed by atoms with Crippen molar-refractivity contribution in [3.8, 4) is 0 Å². The second-order valence-electron chi connectivity index (χ2n) is 6.92. The zero-order valence-corrected chi connectivity index (χ0v) is 16.2. The molecule has 0 heterocycles. The van der Waals surface area contributed by atoms with Crippen molar-refractivity contribution in [2.45, 2.75) is 26.7 Å². The quantitative estimate of drug-likeness (QED) is 0.455. The van der Waals surface area contributed by atoms with E-state index in [-0.39, 0.29) is 0 Å². The van der Waals surface area contributed by atoms with Crippen LogP contribution in [0, 0.1) is 0 Å². The van der Waals surface area contributed by atoms with Gasteiger partial charge in [0.2, 0.25) is 0 Å². The summed E-state index contributed by atoms with van der Waals surface area (Å²) in [4.78, 5) is 0. The molecule has 2 aromatic carbocycles. The Kier molecular flexibility index (Phi) is 5.93. The minimum absolute atomic E-state index is 0.778. The highest BCUT2D eigenvalue weighted by molar-refractivity contribution is 5.80. The highest BCUT2D eigenvalue weighted by Crippen LogP contribution is 2.35. The lowest BCUT2D eigenvalue weighted by Crippen LogP contribution is -2.01. The Labute approximate surface area is 162 Å². The van der Waals surface area contributed by atoms with Crippen molar-refractivity contribution in [3.63, 3.8) is 0 Å². The molecule has 27 heavy (non-hydrogen) atoms. The van der Waals surface area contributed by atoms with E-state index in [0.29, 0.717) is 0 Å². The largest absolute Gasteiger partial charge is 0.399 e. The number of nitrogens with two attached hydrogens (primary N) is 1. The van der Waals surface area contributed by atoms with Gasteiger partial charge < -0.3 is 5.73 Å². The second-order valence-corrected chi connectivity index (χ2v) is 6.92. The second kappa shape index (κ2) is 8.55. The summed E-state index contributed by atoms with van der Waals surface area (Å²) < 4.78 is 0. The van der Waals surface area contributed by atoms with Crippen molar-refractivity contribution in [3.05, 3.63) is 113 Å². The van der Waals surface area contributed by atoms with Crippen LogP contribution >= 0.6 is 0 Å². The lowest BCUT2D eigenvalue weighted by Gasteiger charge is -2.21. The van der Waals surface area contributed by atoms with Gasteiger partial charge in [-0.2, -0.15) is 0 Å². The maximum atomic E-state index is 5.93. The molecule has 0 fully saturated rings. The number of anilines is 1. The number of benzene rings is 2. The van der Waals surface area contributed by atoms with E-state index in [2.05, 4.69) is 75.1 Å². The fourth-order valence-corrected chi connectivity index (χ4v) is 3.52. The van der Waals surface area contributed by atoms with Gasteiger partial charge in [0.15, 0.2) is 0 Å². The molecule has 136 valence electrons. The lowest BCUT2D eigenvalue weighted by atomic mass is 9.84. The predicted molar refractivity (Wildman–Crippen MR) is 119 cm³/mol. The van der Waals surface area contributed by atoms with Gasteiger partial charge in [-0.1, -0.05) is 73.3 Å². The van der Waals surface area contributed by atoms with Crippen LogP contribution in [0.4, 0.5) is 5.69 Å². The van der Waals surface area contributed by atoms with Gasteiger partial charge in [-0.15, -0.1) is 0 Å². The molecule has 0 bridgehead atoms. The minimum atomic E-state index is 0.778. The first-order valence-electron chi connectivity index (χ1n) is 9.44. The van der Waals surface area contributed by atoms with E-state index in [1.807, 2.05) is 24.3 Å². The summed E-state index contributed by atoms with van der Waals surface area (Å²) in [7, 11) is 0. The third-order valence-corrected chi connectivity index (χ3v) is 5.05. The van der Waals surface area contributed by atoms with E-state index in [1.54, 1.807) is 0 Å². The highest BCUT2D eigenvalue weighted by atomic mass is 14.5. The van der Waals surface area contributed by atoms with E-state index < -0.39 is 0 Å². The topological polar surface area (TPSA) is 26.0 Å². The van der Waals surface area contributed by atoms with Crippen molar-refractivity contribution < 1.29 is 0 Å². The van der Waals surface area contributed by atoms with Gasteiger partial charge in [0.25, 0.3) is 0 Å². The Bertz CT molecular complexity index is 953. The molecule has 2 aromatic rings. The molecular formula is C26H27N. The predicted octanol–water partition coefficient (Wildman–Crippen LogP) is 6.98. The van der Waals surface area contributed by atoms with Crippen molar-refractivity contribution in [1.29, 1.82) is 0 Å². The Balaban J connectivity index is 1.84. The molecule has 1 heteroatoms. The fraction of sp³-hybridized carbons (Fsp3) is 0.154. The van der Waals surface area contributed by atoms with E-state index in [1.165, 1.54) is 27.9 Å². The Morgan fingerprint density at radius 2 is 1.81 bits per heavy atom. The molecule has 0 amide bonds. The number of rotatable bonds is 5. The van der Waals surface area contributed by atoms with Gasteiger partial charge >= 0.3 is 0 Å². The minimum Gasteiger partial charge on any atom is -0.399 e. The number of nitrogen functional groups attached to an aromatic ring is 1. The van der Waals surface area contributed by atoms with E-state index >= 15 is 0 Å². The molecule has 0 radical (unpaired) electrons. The molecule has 1 aliphatic rings. The number of hydrogen-bond acceptors (Lipinski definition) is 1. The molecule has 0 aromatic heterocycles. The average molecular weight is 354 g/mol. The SMILES string of the molecule is C=C(C1=CC(C)=C(C(=C\C)/C=C/c2ccccc2)CC1)c1cccc(N)c1. The Hall–Kier alpha value is -3.06. The molecule has 0 saturated heterocycles. The van der Waals surface area contributed by atoms with Crippen LogP contribution in [0.25, 0.3) is 11.6 Å². The Morgan fingerprint density at radius 3 is 2.48 bits per heavy atom. The van der Waals surface area contributed by atoms with Gasteiger partial charge in [-0.05, 0) is 77.8 Å². The normalized spacial score (nSPS) is 15.2. The molecule has 2 N–H and O–H groups in total. The monoisotopic (exact) mass is 353 g/mol. The molecule has 0 aliphatic heterocycles. The lowest BCUT2D eigenvalue weighted by molar-refractivity contribution is 0.926. The van der Waals surface area contributed by atoms with Gasteiger partial charge in [-0.25, -0.2) is 0 Å². The summed E-state index contributed by atoms with van der Waals surface area (Å²) in [5, 5.41) is 0. The standard InChI is InChI=1S/C26H27N/c1-4-22(14-13-21-9-6-5-7-10-21)26-16-15-24(17-19(26)2)20(3)23-11-8-12-25(27)18-23/h4-14,17-18H,3,15-16,27H2,1-2H3/b14-13+,22-4-. The van der Waals surface area contributed by atoms with Crippen molar-refractivity contribution in [2.24, 2.45) is 0 Å². The smallest absolute Gasteiger partial charge is 0.0320 e. The van der Waals surface area contributed by atoms with Gasteiger partial charge in [0.1, 0.15) is 0 Å². The van der Waals surface area contributed by atoms with Crippen molar-refractivity contribution >= 4 is 17.3 Å². The van der Waals surface area contributed by atoms with Crippen LogP contribution in [0.15, 0.2) is 102 Å². The first kappa shape index (κ1) is 18.7. The molecule has 1 nitrogen and oxygen atoms in total. The first-order chi connectivity index (χ1) is 13.1. The van der Waals surface area contributed by atoms with E-state index in [9.17, 15) is 0 Å². The van der Waals surface area contributed by atoms with Crippen molar-refractivity contribution in [2.75, 3.05) is 5.73 Å². The third kappa shape index (κ3) is 4.57. The maximum absolute atomic E-state index is 5.93. The van der Waals surface area contributed by atoms with Crippen LogP contribution in [-0.4, -0.2) is 0 Å². The van der Waals surface area contributed by atoms with E-state index in [4.69, 9.17) is 5.73 Å². The molecule has 0 atom stereocenters. The van der Waals surface area contributed by atoms with Crippen LogP contribution < -0.4 is 5.73 Å². The summed E-state index contributed by atoms with van der Waals surface area (Å²) in [6, 6.07) is 18.4. The number of allylic oxidation sites excluding steroid dienone is 8. The molecular weight excluding hydrogens is 326 g/mol. The van der Waals surface area contributed by atoms with Crippen LogP contribution in [0.3, 0.4) is 0 Å². The Morgan fingerprint density at radius 1 is 1.04 bits per heavy atom. The summed E-state index contributed by atoms with van der Waals surface area (Å²) in [6.45, 7) is 8.62. The summed E-state index contributed by atoms with van der Waals surface area (Å²) in [5.74, 6) is 0. The fourth-order valence-electron chi connectivity index (χ4n) is 3.52. The van der Waals surface area contributed by atoms with Gasteiger partial charge in [-0.3, -0.25) is 0 Å². The zero-order chi connectivity index (χ0) is 19.2. The van der Waals surface area contributed by atoms with Crippen molar-refractivity contribution in [1.82, 2.24) is 0 Å². The summed E-state index contributed by atoms with van der Waals surface area (Å²) >= 11 is 0. The molecule has 0 saturated carbocycles. The number of hydrogen-bond donors (Lipinski definition) is 1. The first-order valence-corrected chi connectivity index (χ1v) is 9.44. The maximum Gasteiger partial charge on any atom is 0.0320 e. The van der Waals surface area contributed by atoms with Gasteiger partial charge in [0, 0.05) is 5.69 Å². The van der Waals surface area contributed by atoms with Crippen LogP contribution in [-0.2, 0) is 0 Å². The van der Waals surface area contributed by atoms with Crippen LogP contribution in [0.2, 0.25) is 0 Å². The van der Waals surface area contributed by atoms with E-state index in [0.717, 1.165) is 29.7 Å². The summed E-state index contributed by atoms with van der Waals surface area (Å²) in [5.41, 5.74) is 15.4.